The zero-order chi connectivity index (χ0) is 15.7. The van der Waals surface area contributed by atoms with Crippen molar-refractivity contribution in [1.29, 1.82) is 0 Å². The maximum Gasteiger partial charge on any atom is 0.271 e. The molecule has 1 aliphatic rings. The molecule has 1 fully saturated rings. The first-order chi connectivity index (χ1) is 10.5. The van der Waals surface area contributed by atoms with Crippen LogP contribution >= 0.6 is 11.3 Å². The number of rotatable bonds is 5. The number of hydrogen-bond donors (Lipinski definition) is 2. The zero-order valence-electron chi connectivity index (χ0n) is 12.0. The van der Waals surface area contributed by atoms with E-state index in [-0.39, 0.29) is 16.2 Å². The lowest BCUT2D eigenvalue weighted by Crippen LogP contribution is -2.26. The lowest BCUT2D eigenvalue weighted by Gasteiger charge is -2.11. The summed E-state index contributed by atoms with van der Waals surface area (Å²) in [6.45, 7) is 1.85. The highest BCUT2D eigenvalue weighted by Crippen LogP contribution is 2.26. The van der Waals surface area contributed by atoms with Gasteiger partial charge in [0.05, 0.1) is 11.3 Å². The molecule has 1 aromatic heterocycles. The summed E-state index contributed by atoms with van der Waals surface area (Å²) in [5.41, 5.74) is 0.637. The average molecular weight is 336 g/mol. The van der Waals surface area contributed by atoms with E-state index in [9.17, 15) is 13.2 Å². The molecule has 116 valence electrons. The summed E-state index contributed by atoms with van der Waals surface area (Å²) in [7, 11) is -3.67. The summed E-state index contributed by atoms with van der Waals surface area (Å²) in [5, 5.41) is 2.87. The summed E-state index contributed by atoms with van der Waals surface area (Å²) in [6, 6.07) is 10.2. The second kappa shape index (κ2) is 5.73. The van der Waals surface area contributed by atoms with Crippen LogP contribution < -0.4 is 10.0 Å². The maximum absolute atomic E-state index is 12.4. The van der Waals surface area contributed by atoms with Gasteiger partial charge in [-0.3, -0.25) is 9.52 Å². The predicted octanol–water partition coefficient (Wildman–Crippen LogP) is 2.75. The second-order valence-corrected chi connectivity index (χ2v) is 8.46. The summed E-state index contributed by atoms with van der Waals surface area (Å²) >= 11 is 1.20. The Bertz CT molecular complexity index is 808. The van der Waals surface area contributed by atoms with Gasteiger partial charge < -0.3 is 5.32 Å². The smallest absolute Gasteiger partial charge is 0.271 e. The normalized spacial score (nSPS) is 14.6. The molecular formula is C15H16N2O3S2. The van der Waals surface area contributed by atoms with Crippen molar-refractivity contribution in [1.82, 2.24) is 5.32 Å². The number of sulfonamides is 1. The Balaban J connectivity index is 1.87. The van der Waals surface area contributed by atoms with Crippen LogP contribution in [0.25, 0.3) is 0 Å². The third-order valence-electron chi connectivity index (χ3n) is 3.31. The molecule has 0 aliphatic heterocycles. The standard InChI is InChI=1S/C15H16N2O3S2/c1-10-6-9-14(21-10)22(19,20)17-13-5-3-2-4-12(13)15(18)16-11-7-8-11/h2-6,9,11,17H,7-8H2,1H3,(H,16,18). The van der Waals surface area contributed by atoms with Crippen LogP contribution in [0.1, 0.15) is 28.1 Å². The van der Waals surface area contributed by atoms with E-state index in [1.54, 1.807) is 36.4 Å². The quantitative estimate of drug-likeness (QED) is 0.881. The largest absolute Gasteiger partial charge is 0.349 e. The Morgan fingerprint density at radius 3 is 2.55 bits per heavy atom. The van der Waals surface area contributed by atoms with Gasteiger partial charge in [0.15, 0.2) is 0 Å². The van der Waals surface area contributed by atoms with Gasteiger partial charge in [0.1, 0.15) is 4.21 Å². The molecule has 2 N–H and O–H groups in total. The molecule has 1 aliphatic carbocycles. The molecule has 2 aromatic rings. The van der Waals surface area contributed by atoms with E-state index in [2.05, 4.69) is 10.0 Å². The molecule has 7 heteroatoms. The van der Waals surface area contributed by atoms with Crippen LogP contribution in [-0.4, -0.2) is 20.4 Å². The zero-order valence-corrected chi connectivity index (χ0v) is 13.6. The highest BCUT2D eigenvalue weighted by atomic mass is 32.2. The Morgan fingerprint density at radius 1 is 1.18 bits per heavy atom. The van der Waals surface area contributed by atoms with Crippen molar-refractivity contribution >= 4 is 33.0 Å². The molecule has 22 heavy (non-hydrogen) atoms. The van der Waals surface area contributed by atoms with Crippen LogP contribution in [0.15, 0.2) is 40.6 Å². The minimum absolute atomic E-state index is 0.220. The third kappa shape index (κ3) is 3.31. The van der Waals surface area contributed by atoms with Crippen molar-refractivity contribution in [2.24, 2.45) is 0 Å². The van der Waals surface area contributed by atoms with Gasteiger partial charge in [0.25, 0.3) is 15.9 Å². The number of carbonyl (C=O) groups is 1. The maximum atomic E-state index is 12.4. The topological polar surface area (TPSA) is 75.3 Å². The first-order valence-electron chi connectivity index (χ1n) is 6.95. The Morgan fingerprint density at radius 2 is 1.91 bits per heavy atom. The second-order valence-electron chi connectivity index (χ2n) is 5.26. The Hall–Kier alpha value is -1.86. The van der Waals surface area contributed by atoms with E-state index < -0.39 is 10.0 Å². The molecule has 0 saturated heterocycles. The van der Waals surface area contributed by atoms with E-state index >= 15 is 0 Å². The molecule has 1 amide bonds. The molecule has 0 atom stereocenters. The molecule has 1 heterocycles. The molecule has 1 saturated carbocycles. The van der Waals surface area contributed by atoms with Crippen LogP contribution in [0.4, 0.5) is 5.69 Å². The summed E-state index contributed by atoms with van der Waals surface area (Å²) < 4.78 is 27.5. The number of nitrogens with one attached hydrogen (secondary N) is 2. The Labute approximate surface area is 133 Å². The predicted molar refractivity (Wildman–Crippen MR) is 86.8 cm³/mol. The van der Waals surface area contributed by atoms with Gasteiger partial charge >= 0.3 is 0 Å². The molecule has 5 nitrogen and oxygen atoms in total. The molecule has 3 rings (SSSR count). The Kier molecular flexibility index (Phi) is 3.92. The average Bonchev–Trinajstić information content (AvgIpc) is 3.16. The fourth-order valence-corrected chi connectivity index (χ4v) is 4.38. The SMILES string of the molecule is Cc1ccc(S(=O)(=O)Nc2ccccc2C(=O)NC2CC2)s1. The highest BCUT2D eigenvalue weighted by molar-refractivity contribution is 7.94. The number of para-hydroxylation sites is 1. The number of thiophene rings is 1. The molecule has 0 unspecified atom stereocenters. The molecule has 1 aromatic carbocycles. The van der Waals surface area contributed by atoms with Gasteiger partial charge in [-0.1, -0.05) is 12.1 Å². The number of carbonyl (C=O) groups excluding carboxylic acids is 1. The van der Waals surface area contributed by atoms with E-state index in [4.69, 9.17) is 0 Å². The van der Waals surface area contributed by atoms with E-state index in [1.165, 1.54) is 11.3 Å². The van der Waals surface area contributed by atoms with Crippen molar-refractivity contribution in [2.45, 2.75) is 30.0 Å². The first-order valence-corrected chi connectivity index (χ1v) is 9.25. The minimum Gasteiger partial charge on any atom is -0.349 e. The summed E-state index contributed by atoms with van der Waals surface area (Å²) in [5.74, 6) is -0.247. The van der Waals surface area contributed by atoms with Crippen LogP contribution in [0.2, 0.25) is 0 Å². The van der Waals surface area contributed by atoms with Gasteiger partial charge in [-0.2, -0.15) is 0 Å². The molecule has 0 bridgehead atoms. The summed E-state index contributed by atoms with van der Waals surface area (Å²) in [6.07, 6.45) is 1.96. The van der Waals surface area contributed by atoms with E-state index in [0.717, 1.165) is 17.7 Å². The summed E-state index contributed by atoms with van der Waals surface area (Å²) in [4.78, 5) is 13.1. The van der Waals surface area contributed by atoms with Crippen molar-refractivity contribution in [3.05, 3.63) is 46.8 Å². The monoisotopic (exact) mass is 336 g/mol. The molecular weight excluding hydrogens is 320 g/mol. The fourth-order valence-electron chi connectivity index (χ4n) is 2.01. The number of aryl methyl sites for hydroxylation is 1. The van der Waals surface area contributed by atoms with Gasteiger partial charge in [-0.25, -0.2) is 8.42 Å². The minimum atomic E-state index is -3.67. The fraction of sp³-hybridized carbons (Fsp3) is 0.267. The third-order valence-corrected chi connectivity index (χ3v) is 6.17. The van der Waals surface area contributed by atoms with Gasteiger partial charge in [-0.05, 0) is 44.0 Å². The lowest BCUT2D eigenvalue weighted by molar-refractivity contribution is 0.0952. The van der Waals surface area contributed by atoms with Crippen molar-refractivity contribution < 1.29 is 13.2 Å². The number of benzene rings is 1. The van der Waals surface area contributed by atoms with Crippen molar-refractivity contribution in [3.63, 3.8) is 0 Å². The van der Waals surface area contributed by atoms with Crippen LogP contribution in [0, 0.1) is 6.92 Å². The van der Waals surface area contributed by atoms with E-state index in [1.807, 2.05) is 6.92 Å². The van der Waals surface area contributed by atoms with Gasteiger partial charge in [0, 0.05) is 10.9 Å². The molecule has 0 radical (unpaired) electrons. The first kappa shape index (κ1) is 15.1. The van der Waals surface area contributed by atoms with Crippen LogP contribution in [0.5, 0.6) is 0 Å². The van der Waals surface area contributed by atoms with Gasteiger partial charge in [-0.15, -0.1) is 11.3 Å². The van der Waals surface area contributed by atoms with Gasteiger partial charge in [0.2, 0.25) is 0 Å². The van der Waals surface area contributed by atoms with Crippen LogP contribution in [0.3, 0.4) is 0 Å². The number of anilines is 1. The van der Waals surface area contributed by atoms with Crippen molar-refractivity contribution in [3.8, 4) is 0 Å². The molecule has 0 spiro atoms. The van der Waals surface area contributed by atoms with E-state index in [0.29, 0.717) is 11.3 Å². The van der Waals surface area contributed by atoms with Crippen molar-refractivity contribution in [2.75, 3.05) is 4.72 Å². The number of hydrogen-bond acceptors (Lipinski definition) is 4. The highest BCUT2D eigenvalue weighted by Gasteiger charge is 2.26. The van der Waals surface area contributed by atoms with Crippen LogP contribution in [-0.2, 0) is 10.0 Å². The number of amides is 1. The lowest BCUT2D eigenvalue weighted by atomic mass is 10.1.